The average molecular weight is 765 g/mol. The fraction of sp³-hybridized carbons (Fsp3) is 0.378. The first kappa shape index (κ1) is 39.5. The number of carbonyl (C=O) groups excluding carboxylic acids is 1. The minimum Gasteiger partial charge on any atom is -0.383 e. The minimum atomic E-state index is -5.73. The topological polar surface area (TPSA) is 107 Å². The van der Waals surface area contributed by atoms with Crippen LogP contribution in [0.4, 0.5) is 37.7 Å². The van der Waals surface area contributed by atoms with Crippen LogP contribution in [-0.4, -0.2) is 57.3 Å². The van der Waals surface area contributed by atoms with Gasteiger partial charge in [0.05, 0.1) is 6.54 Å². The molecule has 0 bridgehead atoms. The maximum absolute atomic E-state index is 15.0. The Kier molecular flexibility index (Phi) is 11.2. The van der Waals surface area contributed by atoms with Gasteiger partial charge in [0, 0.05) is 45.8 Å². The molecule has 4 aromatic carbocycles. The third-order valence-electron chi connectivity index (χ3n) is 9.26. The summed E-state index contributed by atoms with van der Waals surface area (Å²) in [5, 5.41) is 2.66. The molecule has 0 spiro atoms. The molecule has 1 N–H and O–H groups in total. The molecule has 0 aromatic heterocycles. The Hall–Kier alpha value is -4.70. The number of amides is 1. The first-order valence-corrected chi connectivity index (χ1v) is 18.1. The fourth-order valence-corrected chi connectivity index (χ4v) is 7.48. The van der Waals surface area contributed by atoms with Gasteiger partial charge in [0.2, 0.25) is 21.7 Å². The van der Waals surface area contributed by atoms with E-state index in [1.54, 1.807) is 0 Å². The molecule has 1 aliphatic rings. The van der Waals surface area contributed by atoms with Gasteiger partial charge in [-0.25, -0.2) is 34.8 Å². The van der Waals surface area contributed by atoms with Crippen LogP contribution in [0.25, 0.3) is 0 Å². The van der Waals surface area contributed by atoms with Crippen molar-refractivity contribution in [2.75, 3.05) is 43.9 Å². The lowest BCUT2D eigenvalue weighted by molar-refractivity contribution is -0.132. The third-order valence-corrected chi connectivity index (χ3v) is 11.1. The van der Waals surface area contributed by atoms with Crippen LogP contribution in [0.1, 0.15) is 61.8 Å². The monoisotopic (exact) mass is 764 g/mol. The number of nitrogens with zero attached hydrogens (tertiary/aromatic N) is 3. The Labute approximate surface area is 302 Å². The van der Waals surface area contributed by atoms with Crippen molar-refractivity contribution in [1.29, 1.82) is 0 Å². The predicted octanol–water partition coefficient (Wildman–Crippen LogP) is 5.69. The summed E-state index contributed by atoms with van der Waals surface area (Å²) in [6.45, 7) is 3.42. The summed E-state index contributed by atoms with van der Waals surface area (Å²) >= 11 is 0. The standard InChI is InChI=1S/C37H38F6N4O5S/c1-37(2,3)24-15-20(14-23(16-24)21-10-11-21)17-46(13-12-45(5)33-32(44-4)34(49)35(33)50)26(48)19-47(18-22-8-6-7-9-25(22)38)53(51,52)36-30(42)28(40)27(39)29(41)31(36)43/h6-9,14-16,21,44H,10-13,17-19H2,1-5H3. The molecule has 9 nitrogen and oxygen atoms in total. The van der Waals surface area contributed by atoms with Crippen molar-refractivity contribution in [2.45, 2.75) is 62.9 Å². The molecule has 1 aliphatic carbocycles. The number of benzene rings is 3. The molecule has 1 amide bonds. The molecule has 1 fully saturated rings. The highest BCUT2D eigenvalue weighted by molar-refractivity contribution is 7.89. The molecule has 5 rings (SSSR count). The van der Waals surface area contributed by atoms with Gasteiger partial charge in [-0.05, 0) is 46.9 Å². The molecule has 0 aliphatic heterocycles. The van der Waals surface area contributed by atoms with Crippen LogP contribution in [0.15, 0.2) is 56.9 Å². The summed E-state index contributed by atoms with van der Waals surface area (Å²) in [5.41, 5.74) is 0.628. The first-order valence-electron chi connectivity index (χ1n) is 16.7. The van der Waals surface area contributed by atoms with E-state index >= 15 is 0 Å². The summed E-state index contributed by atoms with van der Waals surface area (Å²) in [7, 11) is -2.77. The zero-order chi connectivity index (χ0) is 39.2. The molecule has 1 saturated carbocycles. The van der Waals surface area contributed by atoms with Crippen molar-refractivity contribution >= 4 is 27.3 Å². The zero-order valence-electron chi connectivity index (χ0n) is 29.6. The van der Waals surface area contributed by atoms with Crippen molar-refractivity contribution in [3.63, 3.8) is 0 Å². The third kappa shape index (κ3) is 7.98. The second kappa shape index (κ2) is 15.0. The van der Waals surface area contributed by atoms with Gasteiger partial charge in [-0.2, -0.15) is 4.31 Å². The Bertz CT molecular complexity index is 2220. The maximum atomic E-state index is 15.0. The van der Waals surface area contributed by atoms with Gasteiger partial charge < -0.3 is 15.1 Å². The molecule has 284 valence electrons. The van der Waals surface area contributed by atoms with Gasteiger partial charge in [-0.3, -0.25) is 14.4 Å². The number of halogens is 6. The van der Waals surface area contributed by atoms with E-state index in [9.17, 15) is 49.1 Å². The van der Waals surface area contributed by atoms with Crippen molar-refractivity contribution < 1.29 is 39.6 Å². The van der Waals surface area contributed by atoms with E-state index in [1.807, 2.05) is 32.9 Å². The summed E-state index contributed by atoms with van der Waals surface area (Å²) < 4.78 is 115. The Balaban J connectivity index is 1.57. The van der Waals surface area contributed by atoms with E-state index < -0.39 is 79.7 Å². The summed E-state index contributed by atoms with van der Waals surface area (Å²) in [6.07, 6.45) is 1.94. The largest absolute Gasteiger partial charge is 0.383 e. The zero-order valence-corrected chi connectivity index (χ0v) is 30.4. The van der Waals surface area contributed by atoms with Crippen molar-refractivity contribution in [2.24, 2.45) is 0 Å². The van der Waals surface area contributed by atoms with Crippen LogP contribution in [0.2, 0.25) is 0 Å². The molecule has 16 heteroatoms. The number of rotatable bonds is 14. The lowest BCUT2D eigenvalue weighted by atomic mass is 9.84. The highest BCUT2D eigenvalue weighted by atomic mass is 32.2. The fourth-order valence-electron chi connectivity index (χ4n) is 6.00. The van der Waals surface area contributed by atoms with Crippen molar-refractivity contribution in [3.8, 4) is 0 Å². The van der Waals surface area contributed by atoms with Crippen molar-refractivity contribution in [3.05, 3.63) is 120 Å². The van der Waals surface area contributed by atoms with E-state index in [0.29, 0.717) is 11.5 Å². The Morgan fingerprint density at radius 3 is 2.02 bits per heavy atom. The highest BCUT2D eigenvalue weighted by Crippen LogP contribution is 2.42. The van der Waals surface area contributed by atoms with Gasteiger partial charge in [-0.1, -0.05) is 57.2 Å². The number of hydrogen-bond acceptors (Lipinski definition) is 7. The van der Waals surface area contributed by atoms with E-state index in [1.165, 1.54) is 36.0 Å². The van der Waals surface area contributed by atoms with Crippen LogP contribution in [0.3, 0.4) is 0 Å². The normalized spacial score (nSPS) is 13.5. The molecule has 4 aromatic rings. The molecular formula is C37H38F6N4O5S. The number of anilines is 2. The number of nitrogens with one attached hydrogen (secondary N) is 1. The van der Waals surface area contributed by atoms with E-state index in [0.717, 1.165) is 36.1 Å². The van der Waals surface area contributed by atoms with E-state index in [-0.39, 0.29) is 46.3 Å². The molecule has 0 radical (unpaired) electrons. The van der Waals surface area contributed by atoms with Gasteiger partial charge >= 0.3 is 0 Å². The van der Waals surface area contributed by atoms with Gasteiger partial charge in [0.15, 0.2) is 28.2 Å². The second-order valence-electron chi connectivity index (χ2n) is 14.1. The molecule has 0 unspecified atom stereocenters. The molecular weight excluding hydrogens is 726 g/mol. The SMILES string of the molecule is CNc1c(N(C)CCN(Cc2cc(C3CC3)cc(C(C)(C)C)c2)C(=O)CN(Cc2ccccc2F)S(=O)(=O)c2c(F)c(F)c(F)c(F)c2F)c(=O)c1=O. The lowest BCUT2D eigenvalue weighted by Gasteiger charge is -2.31. The van der Waals surface area contributed by atoms with Gasteiger partial charge in [0.25, 0.3) is 10.9 Å². The van der Waals surface area contributed by atoms with Gasteiger partial charge in [0.1, 0.15) is 17.2 Å². The Morgan fingerprint density at radius 1 is 0.849 bits per heavy atom. The molecule has 0 heterocycles. The number of sulfonamides is 1. The number of hydrogen-bond donors (Lipinski definition) is 1. The lowest BCUT2D eigenvalue weighted by Crippen LogP contribution is -2.47. The molecule has 0 saturated heterocycles. The van der Waals surface area contributed by atoms with Crippen LogP contribution in [0.5, 0.6) is 0 Å². The molecule has 0 atom stereocenters. The maximum Gasteiger partial charge on any atom is 0.253 e. The Morgan fingerprint density at radius 2 is 1.45 bits per heavy atom. The minimum absolute atomic E-state index is 0.0581. The van der Waals surface area contributed by atoms with E-state index in [2.05, 4.69) is 11.4 Å². The smallest absolute Gasteiger partial charge is 0.253 e. The summed E-state index contributed by atoms with van der Waals surface area (Å²) in [6, 6.07) is 10.6. The van der Waals surface area contributed by atoms with Crippen LogP contribution in [0, 0.1) is 34.9 Å². The van der Waals surface area contributed by atoms with Crippen LogP contribution >= 0.6 is 0 Å². The average Bonchev–Trinajstić information content (AvgIpc) is 3.96. The highest BCUT2D eigenvalue weighted by Gasteiger charge is 2.39. The number of carbonyl (C=O) groups is 1. The van der Waals surface area contributed by atoms with Gasteiger partial charge in [-0.15, -0.1) is 0 Å². The van der Waals surface area contributed by atoms with Crippen LogP contribution < -0.4 is 21.1 Å². The van der Waals surface area contributed by atoms with Crippen molar-refractivity contribution in [1.82, 2.24) is 9.21 Å². The van der Waals surface area contributed by atoms with Crippen LogP contribution in [-0.2, 0) is 33.3 Å². The summed E-state index contributed by atoms with van der Waals surface area (Å²) in [4.78, 5) is 39.1. The second-order valence-corrected chi connectivity index (χ2v) is 16.0. The predicted molar refractivity (Wildman–Crippen MR) is 187 cm³/mol. The van der Waals surface area contributed by atoms with E-state index in [4.69, 9.17) is 0 Å². The first-order chi connectivity index (χ1) is 24.8. The molecule has 53 heavy (non-hydrogen) atoms. The number of likely N-dealkylation sites (N-methyl/N-ethyl adjacent to an activating group) is 1. The summed E-state index contributed by atoms with van der Waals surface area (Å²) in [5.74, 6) is -14.6. The quantitative estimate of drug-likeness (QED) is 0.0762.